The lowest BCUT2D eigenvalue weighted by molar-refractivity contribution is 0.158. The van der Waals surface area contributed by atoms with Crippen LogP contribution in [0.25, 0.3) is 10.8 Å². The molecule has 0 aliphatic rings. The summed E-state index contributed by atoms with van der Waals surface area (Å²) in [7, 11) is 0. The van der Waals surface area contributed by atoms with Crippen LogP contribution in [-0.2, 0) is 4.74 Å². The Hall–Kier alpha value is -1.81. The number of nitrogens with one attached hydrogen (secondary N) is 1. The van der Waals surface area contributed by atoms with Gasteiger partial charge in [-0.1, -0.05) is 0 Å². The van der Waals surface area contributed by atoms with E-state index in [0.29, 0.717) is 6.61 Å². The largest absolute Gasteiger partial charge is 0.398 e. The molecule has 0 aliphatic heterocycles. The predicted molar refractivity (Wildman–Crippen MR) is 71.1 cm³/mol. The zero-order chi connectivity index (χ0) is 12.1. The zero-order valence-electron chi connectivity index (χ0n) is 9.94. The highest BCUT2D eigenvalue weighted by atomic mass is 16.5. The Kier molecular flexibility index (Phi) is 3.77. The van der Waals surface area contributed by atoms with E-state index in [9.17, 15) is 0 Å². The van der Waals surface area contributed by atoms with E-state index in [1.165, 1.54) is 0 Å². The minimum absolute atomic E-state index is 0.702. The fourth-order valence-electron chi connectivity index (χ4n) is 1.77. The van der Waals surface area contributed by atoms with Crippen LogP contribution in [0.1, 0.15) is 6.92 Å². The summed E-state index contributed by atoms with van der Waals surface area (Å²) < 4.78 is 5.29. The molecule has 0 unspecified atom stereocenters. The van der Waals surface area contributed by atoms with Crippen LogP contribution in [0.5, 0.6) is 0 Å². The molecule has 0 fully saturated rings. The first kappa shape index (κ1) is 11.7. The molecule has 0 spiro atoms. The Balaban J connectivity index is 2.20. The van der Waals surface area contributed by atoms with E-state index in [2.05, 4.69) is 10.3 Å². The minimum atomic E-state index is 0.702. The summed E-state index contributed by atoms with van der Waals surface area (Å²) in [5.41, 5.74) is 7.73. The van der Waals surface area contributed by atoms with Crippen LogP contribution in [0.4, 0.5) is 11.4 Å². The molecule has 3 N–H and O–H groups in total. The van der Waals surface area contributed by atoms with Crippen molar-refractivity contribution in [2.45, 2.75) is 6.92 Å². The van der Waals surface area contributed by atoms with E-state index in [0.717, 1.165) is 35.3 Å². The smallest absolute Gasteiger partial charge is 0.0638 e. The number of nitrogens with two attached hydrogens (primary N) is 1. The number of fused-ring (bicyclic) bond motifs is 1. The number of benzene rings is 1. The molecule has 0 saturated heterocycles. The van der Waals surface area contributed by atoms with Gasteiger partial charge in [-0.25, -0.2) is 0 Å². The predicted octanol–water partition coefficient (Wildman–Crippen LogP) is 2.27. The molecule has 4 heteroatoms. The second-order valence-electron chi connectivity index (χ2n) is 3.75. The van der Waals surface area contributed by atoms with Crippen LogP contribution >= 0.6 is 0 Å². The van der Waals surface area contributed by atoms with E-state index in [1.54, 1.807) is 12.4 Å². The van der Waals surface area contributed by atoms with Crippen molar-refractivity contribution in [2.24, 2.45) is 0 Å². The van der Waals surface area contributed by atoms with E-state index in [-0.39, 0.29) is 0 Å². The molecule has 0 amide bonds. The van der Waals surface area contributed by atoms with Gasteiger partial charge < -0.3 is 15.8 Å². The Labute approximate surface area is 101 Å². The van der Waals surface area contributed by atoms with Gasteiger partial charge in [0.1, 0.15) is 0 Å². The van der Waals surface area contributed by atoms with Crippen LogP contribution in [0.2, 0.25) is 0 Å². The van der Waals surface area contributed by atoms with Crippen molar-refractivity contribution in [2.75, 3.05) is 30.8 Å². The maximum absolute atomic E-state index is 5.91. The summed E-state index contributed by atoms with van der Waals surface area (Å²) in [6.07, 6.45) is 3.56. The molecule has 2 aromatic rings. The molecule has 0 bridgehead atoms. The normalized spacial score (nSPS) is 10.6. The maximum atomic E-state index is 5.91. The number of ether oxygens (including phenoxy) is 1. The molecule has 2 rings (SSSR count). The lowest BCUT2D eigenvalue weighted by Gasteiger charge is -2.10. The Morgan fingerprint density at radius 3 is 3.00 bits per heavy atom. The third-order valence-corrected chi connectivity index (χ3v) is 2.62. The van der Waals surface area contributed by atoms with Crippen molar-refractivity contribution in [1.29, 1.82) is 0 Å². The van der Waals surface area contributed by atoms with Gasteiger partial charge >= 0.3 is 0 Å². The zero-order valence-corrected chi connectivity index (χ0v) is 9.94. The highest BCUT2D eigenvalue weighted by Crippen LogP contribution is 2.27. The number of hydrogen-bond donors (Lipinski definition) is 2. The quantitative estimate of drug-likeness (QED) is 0.612. The molecule has 4 nitrogen and oxygen atoms in total. The summed E-state index contributed by atoms with van der Waals surface area (Å²) in [6.45, 7) is 4.22. The van der Waals surface area contributed by atoms with Crippen molar-refractivity contribution in [3.8, 4) is 0 Å². The first-order valence-corrected chi connectivity index (χ1v) is 5.76. The second-order valence-corrected chi connectivity index (χ2v) is 3.75. The highest BCUT2D eigenvalue weighted by molar-refractivity contribution is 6.00. The molecule has 0 aliphatic carbocycles. The molecule has 1 aromatic carbocycles. The van der Waals surface area contributed by atoms with Crippen molar-refractivity contribution in [3.63, 3.8) is 0 Å². The number of hydrogen-bond acceptors (Lipinski definition) is 4. The van der Waals surface area contributed by atoms with Gasteiger partial charge in [-0.05, 0) is 25.1 Å². The van der Waals surface area contributed by atoms with Gasteiger partial charge in [0.2, 0.25) is 0 Å². The average Bonchev–Trinajstić information content (AvgIpc) is 2.37. The fourth-order valence-corrected chi connectivity index (χ4v) is 1.77. The van der Waals surface area contributed by atoms with Crippen LogP contribution in [0, 0.1) is 0 Å². The minimum Gasteiger partial charge on any atom is -0.398 e. The fraction of sp³-hybridized carbons (Fsp3) is 0.308. The van der Waals surface area contributed by atoms with Crippen molar-refractivity contribution in [3.05, 3.63) is 30.6 Å². The van der Waals surface area contributed by atoms with Gasteiger partial charge in [0.25, 0.3) is 0 Å². The number of nitrogen functional groups attached to an aromatic ring is 1. The van der Waals surface area contributed by atoms with Crippen LogP contribution < -0.4 is 11.1 Å². The number of anilines is 2. The highest BCUT2D eigenvalue weighted by Gasteiger charge is 2.03. The van der Waals surface area contributed by atoms with E-state index in [1.807, 2.05) is 25.1 Å². The van der Waals surface area contributed by atoms with Gasteiger partial charge in [-0.2, -0.15) is 0 Å². The number of aromatic nitrogens is 1. The summed E-state index contributed by atoms with van der Waals surface area (Å²) in [4.78, 5) is 4.09. The van der Waals surface area contributed by atoms with Gasteiger partial charge in [-0.15, -0.1) is 0 Å². The molecular weight excluding hydrogens is 214 g/mol. The number of nitrogens with zero attached hydrogens (tertiary/aromatic N) is 1. The average molecular weight is 231 g/mol. The van der Waals surface area contributed by atoms with E-state index in [4.69, 9.17) is 10.5 Å². The van der Waals surface area contributed by atoms with Gasteiger partial charge in [0, 0.05) is 47.7 Å². The molecule has 17 heavy (non-hydrogen) atoms. The summed E-state index contributed by atoms with van der Waals surface area (Å²) >= 11 is 0. The lowest BCUT2D eigenvalue weighted by atomic mass is 10.1. The monoisotopic (exact) mass is 231 g/mol. The summed E-state index contributed by atoms with van der Waals surface area (Å²) in [5, 5.41) is 5.42. The lowest BCUT2D eigenvalue weighted by Crippen LogP contribution is -2.09. The molecule has 1 aromatic heterocycles. The van der Waals surface area contributed by atoms with Gasteiger partial charge in [-0.3, -0.25) is 4.98 Å². The first-order valence-electron chi connectivity index (χ1n) is 5.76. The number of rotatable bonds is 5. The first-order chi connectivity index (χ1) is 8.33. The topological polar surface area (TPSA) is 60.2 Å². The van der Waals surface area contributed by atoms with Gasteiger partial charge in [0.15, 0.2) is 0 Å². The number of pyridine rings is 1. The van der Waals surface area contributed by atoms with Crippen LogP contribution in [-0.4, -0.2) is 24.7 Å². The molecule has 90 valence electrons. The Bertz CT molecular complexity index is 499. The maximum Gasteiger partial charge on any atom is 0.0638 e. The molecule has 0 radical (unpaired) electrons. The molecular formula is C13H17N3O. The molecule has 0 saturated carbocycles. The third-order valence-electron chi connectivity index (χ3n) is 2.62. The van der Waals surface area contributed by atoms with Crippen molar-refractivity contribution < 1.29 is 4.74 Å². The molecule has 0 atom stereocenters. The Morgan fingerprint density at radius 1 is 1.29 bits per heavy atom. The standard InChI is InChI=1S/C13H17N3O/c1-2-17-8-7-16-13-4-3-12(14)11-9-15-6-5-10(11)13/h3-6,9,16H,2,7-8,14H2,1H3. The van der Waals surface area contributed by atoms with Crippen molar-refractivity contribution in [1.82, 2.24) is 4.98 Å². The summed E-state index contributed by atoms with van der Waals surface area (Å²) in [6, 6.07) is 5.85. The third kappa shape index (κ3) is 2.65. The van der Waals surface area contributed by atoms with Crippen molar-refractivity contribution >= 4 is 22.1 Å². The van der Waals surface area contributed by atoms with Gasteiger partial charge in [0.05, 0.1) is 6.61 Å². The van der Waals surface area contributed by atoms with E-state index >= 15 is 0 Å². The second kappa shape index (κ2) is 5.50. The van der Waals surface area contributed by atoms with E-state index < -0.39 is 0 Å². The van der Waals surface area contributed by atoms with Crippen LogP contribution in [0.3, 0.4) is 0 Å². The molecule has 1 heterocycles. The van der Waals surface area contributed by atoms with Crippen LogP contribution in [0.15, 0.2) is 30.6 Å². The Morgan fingerprint density at radius 2 is 2.18 bits per heavy atom. The SMILES string of the molecule is CCOCCNc1ccc(N)c2cnccc12. The summed E-state index contributed by atoms with van der Waals surface area (Å²) in [5.74, 6) is 0.